The van der Waals surface area contributed by atoms with Gasteiger partial charge in [0.2, 0.25) is 0 Å². The van der Waals surface area contributed by atoms with Crippen molar-refractivity contribution in [2.24, 2.45) is 0 Å². The van der Waals surface area contributed by atoms with E-state index in [1.165, 1.54) is 22.8 Å². The van der Waals surface area contributed by atoms with Gasteiger partial charge in [0.15, 0.2) is 0 Å². The summed E-state index contributed by atoms with van der Waals surface area (Å²) in [6.45, 7) is 0.377. The van der Waals surface area contributed by atoms with Crippen LogP contribution >= 0.6 is 11.3 Å². The van der Waals surface area contributed by atoms with Gasteiger partial charge >= 0.3 is 0 Å². The molecule has 0 bridgehead atoms. The summed E-state index contributed by atoms with van der Waals surface area (Å²) in [6, 6.07) is 19.7. The lowest BCUT2D eigenvalue weighted by atomic mass is 10.3. The highest BCUT2D eigenvalue weighted by atomic mass is 32.2. The minimum atomic E-state index is -3.71. The van der Waals surface area contributed by atoms with E-state index in [-0.39, 0.29) is 17.4 Å². The van der Waals surface area contributed by atoms with E-state index >= 15 is 0 Å². The number of para-hydroxylation sites is 3. The predicted molar refractivity (Wildman–Crippen MR) is 104 cm³/mol. The quantitative estimate of drug-likeness (QED) is 0.584. The summed E-state index contributed by atoms with van der Waals surface area (Å²) in [5.41, 5.74) is 0.486. The molecule has 0 fully saturated rings. The first kappa shape index (κ1) is 18.3. The second kappa shape index (κ2) is 8.25. The zero-order chi connectivity index (χ0) is 18.4. The summed E-state index contributed by atoms with van der Waals surface area (Å²) in [4.78, 5) is 0. The summed E-state index contributed by atoms with van der Waals surface area (Å²) in [5, 5.41) is 1.74. The van der Waals surface area contributed by atoms with Crippen LogP contribution in [-0.2, 0) is 10.0 Å². The second-order valence-electron chi connectivity index (χ2n) is 5.34. The molecule has 0 spiro atoms. The number of sulfonamides is 1. The Morgan fingerprint density at radius 3 is 2.38 bits per heavy atom. The summed E-state index contributed by atoms with van der Waals surface area (Å²) in [7, 11) is -2.18. The number of benzene rings is 2. The zero-order valence-electron chi connectivity index (χ0n) is 14.2. The molecule has 3 rings (SSSR count). The molecule has 3 aromatic rings. The third kappa shape index (κ3) is 4.00. The molecule has 0 N–H and O–H groups in total. The molecule has 0 aliphatic carbocycles. The Kier molecular flexibility index (Phi) is 5.80. The Hall–Kier alpha value is -2.51. The molecular weight excluding hydrogens is 370 g/mol. The average Bonchev–Trinajstić information content (AvgIpc) is 3.22. The Morgan fingerprint density at radius 1 is 0.962 bits per heavy atom. The lowest BCUT2D eigenvalue weighted by Crippen LogP contribution is -2.34. The number of thiophene rings is 1. The topological polar surface area (TPSA) is 55.8 Å². The maximum absolute atomic E-state index is 13.1. The van der Waals surface area contributed by atoms with Gasteiger partial charge in [-0.25, -0.2) is 8.42 Å². The molecule has 0 atom stereocenters. The standard InChI is InChI=1S/C19H19NO4S2/c1-23-18-11-6-5-10-17(18)20(26(21,22)19-12-7-15-25-19)13-14-24-16-8-3-2-4-9-16/h2-12,15H,13-14H2,1H3. The van der Waals surface area contributed by atoms with Gasteiger partial charge in [0, 0.05) is 0 Å². The van der Waals surface area contributed by atoms with Crippen molar-refractivity contribution in [2.75, 3.05) is 24.6 Å². The fourth-order valence-electron chi connectivity index (χ4n) is 2.49. The molecule has 0 aliphatic heterocycles. The van der Waals surface area contributed by atoms with Crippen molar-refractivity contribution in [3.05, 3.63) is 72.1 Å². The molecule has 136 valence electrons. The molecule has 26 heavy (non-hydrogen) atoms. The van der Waals surface area contributed by atoms with Gasteiger partial charge in [-0.1, -0.05) is 36.4 Å². The minimum absolute atomic E-state index is 0.162. The number of methoxy groups -OCH3 is 1. The molecule has 7 heteroatoms. The van der Waals surface area contributed by atoms with Crippen molar-refractivity contribution in [3.8, 4) is 11.5 Å². The van der Waals surface area contributed by atoms with Gasteiger partial charge in [0.25, 0.3) is 10.0 Å². The number of hydrogen-bond donors (Lipinski definition) is 0. The zero-order valence-corrected chi connectivity index (χ0v) is 15.9. The van der Waals surface area contributed by atoms with Gasteiger partial charge in [-0.15, -0.1) is 11.3 Å². The van der Waals surface area contributed by atoms with Crippen LogP contribution in [0.5, 0.6) is 11.5 Å². The van der Waals surface area contributed by atoms with Crippen LogP contribution in [0.1, 0.15) is 0 Å². The van der Waals surface area contributed by atoms with E-state index in [2.05, 4.69) is 0 Å². The van der Waals surface area contributed by atoms with Crippen LogP contribution in [0.3, 0.4) is 0 Å². The van der Waals surface area contributed by atoms with Crippen molar-refractivity contribution in [3.63, 3.8) is 0 Å². The van der Waals surface area contributed by atoms with E-state index in [1.54, 1.807) is 41.8 Å². The summed E-state index contributed by atoms with van der Waals surface area (Å²) in [6.07, 6.45) is 0. The van der Waals surface area contributed by atoms with Crippen LogP contribution in [0.25, 0.3) is 0 Å². The monoisotopic (exact) mass is 389 g/mol. The predicted octanol–water partition coefficient (Wildman–Crippen LogP) is 4.03. The Balaban J connectivity index is 1.89. The van der Waals surface area contributed by atoms with Crippen LogP contribution < -0.4 is 13.8 Å². The van der Waals surface area contributed by atoms with E-state index in [4.69, 9.17) is 9.47 Å². The smallest absolute Gasteiger partial charge is 0.274 e. The van der Waals surface area contributed by atoms with Crippen molar-refractivity contribution in [1.82, 2.24) is 0 Å². The molecule has 1 aromatic heterocycles. The second-order valence-corrected chi connectivity index (χ2v) is 8.38. The number of hydrogen-bond acceptors (Lipinski definition) is 5. The summed E-state index contributed by atoms with van der Waals surface area (Å²) >= 11 is 1.18. The van der Waals surface area contributed by atoms with Crippen molar-refractivity contribution < 1.29 is 17.9 Å². The van der Waals surface area contributed by atoms with Gasteiger partial charge < -0.3 is 9.47 Å². The van der Waals surface area contributed by atoms with Crippen LogP contribution in [0.4, 0.5) is 5.69 Å². The maximum atomic E-state index is 13.1. The van der Waals surface area contributed by atoms with Gasteiger partial charge in [0.05, 0.1) is 19.3 Å². The van der Waals surface area contributed by atoms with E-state index in [9.17, 15) is 8.42 Å². The first-order chi connectivity index (χ1) is 12.6. The third-order valence-electron chi connectivity index (χ3n) is 3.70. The van der Waals surface area contributed by atoms with E-state index < -0.39 is 10.0 Å². The molecule has 1 heterocycles. The van der Waals surface area contributed by atoms with Gasteiger partial charge in [-0.05, 0) is 35.7 Å². The van der Waals surface area contributed by atoms with Crippen molar-refractivity contribution >= 4 is 27.0 Å². The third-order valence-corrected chi connectivity index (χ3v) is 6.89. The van der Waals surface area contributed by atoms with Crippen LogP contribution in [0, 0.1) is 0 Å². The molecule has 0 saturated heterocycles. The average molecular weight is 389 g/mol. The first-order valence-electron chi connectivity index (χ1n) is 8.00. The first-order valence-corrected chi connectivity index (χ1v) is 10.3. The largest absolute Gasteiger partial charge is 0.495 e. The van der Waals surface area contributed by atoms with Crippen LogP contribution in [-0.4, -0.2) is 28.7 Å². The number of ether oxygens (including phenoxy) is 2. The highest BCUT2D eigenvalue weighted by Crippen LogP contribution is 2.33. The van der Waals surface area contributed by atoms with Crippen LogP contribution in [0.15, 0.2) is 76.3 Å². The molecule has 0 saturated carbocycles. The van der Waals surface area contributed by atoms with Crippen molar-refractivity contribution in [1.29, 1.82) is 0 Å². The van der Waals surface area contributed by atoms with E-state index in [0.29, 0.717) is 17.2 Å². The van der Waals surface area contributed by atoms with Gasteiger partial charge in [-0.3, -0.25) is 4.31 Å². The molecule has 0 amide bonds. The number of anilines is 1. The maximum Gasteiger partial charge on any atom is 0.274 e. The molecular formula is C19H19NO4S2. The van der Waals surface area contributed by atoms with Gasteiger partial charge in [0.1, 0.15) is 22.3 Å². The van der Waals surface area contributed by atoms with E-state index in [0.717, 1.165) is 0 Å². The minimum Gasteiger partial charge on any atom is -0.495 e. The molecule has 5 nitrogen and oxygen atoms in total. The number of nitrogens with zero attached hydrogens (tertiary/aromatic N) is 1. The van der Waals surface area contributed by atoms with E-state index in [1.807, 2.05) is 30.3 Å². The summed E-state index contributed by atoms with van der Waals surface area (Å²) in [5.74, 6) is 1.19. The van der Waals surface area contributed by atoms with Crippen LogP contribution in [0.2, 0.25) is 0 Å². The molecule has 0 aliphatic rings. The normalized spacial score (nSPS) is 11.1. The highest BCUT2D eigenvalue weighted by molar-refractivity contribution is 7.94. The SMILES string of the molecule is COc1ccccc1N(CCOc1ccccc1)S(=O)(=O)c1cccs1. The fraction of sp³-hybridized carbons (Fsp3) is 0.158. The lowest BCUT2D eigenvalue weighted by molar-refractivity contribution is 0.328. The van der Waals surface area contributed by atoms with Crippen molar-refractivity contribution in [2.45, 2.75) is 4.21 Å². The highest BCUT2D eigenvalue weighted by Gasteiger charge is 2.28. The Labute approximate surface area is 157 Å². The molecule has 0 radical (unpaired) electrons. The number of rotatable bonds is 8. The summed E-state index contributed by atoms with van der Waals surface area (Å²) < 4.78 is 38.9. The molecule has 0 unspecified atom stereocenters. The Bertz CT molecular complexity index is 925. The lowest BCUT2D eigenvalue weighted by Gasteiger charge is -2.25. The Morgan fingerprint density at radius 2 is 1.69 bits per heavy atom. The molecule has 2 aromatic carbocycles. The fourth-order valence-corrected chi connectivity index (χ4v) is 5.05. The van der Waals surface area contributed by atoms with Gasteiger partial charge in [-0.2, -0.15) is 0 Å².